The molecule has 1 fully saturated rings. The van der Waals surface area contributed by atoms with Crippen LogP contribution < -0.4 is 0 Å². The molecule has 0 aromatic rings. The van der Waals surface area contributed by atoms with E-state index in [0.29, 0.717) is 10.8 Å². The second kappa shape index (κ2) is 5.55. The van der Waals surface area contributed by atoms with E-state index in [1.54, 1.807) is 0 Å². The molecule has 0 spiro atoms. The van der Waals surface area contributed by atoms with Gasteiger partial charge in [-0.2, -0.15) is 0 Å². The molecule has 0 heteroatoms. The summed E-state index contributed by atoms with van der Waals surface area (Å²) in [6, 6.07) is 0. The maximum absolute atomic E-state index is 2.52. The number of hydrogen-bond donors (Lipinski definition) is 0. The van der Waals surface area contributed by atoms with Crippen molar-refractivity contribution in [3.63, 3.8) is 0 Å². The standard InChI is InChI=1S/C18H36/c1-13(2)15-9-11-16(12-10-15)18(7,8)17(5,6)14(3)4/h13-16H,9-12H2,1-8H3. The molecule has 1 aliphatic carbocycles. The fourth-order valence-corrected chi connectivity index (χ4v) is 3.78. The third kappa shape index (κ3) is 2.94. The Hall–Kier alpha value is 0. The lowest BCUT2D eigenvalue weighted by Crippen LogP contribution is -2.44. The van der Waals surface area contributed by atoms with Gasteiger partial charge in [0.2, 0.25) is 0 Å². The molecule has 0 radical (unpaired) electrons. The van der Waals surface area contributed by atoms with E-state index >= 15 is 0 Å². The van der Waals surface area contributed by atoms with E-state index in [1.165, 1.54) is 25.7 Å². The second-order valence-electron chi connectivity index (χ2n) is 8.45. The summed E-state index contributed by atoms with van der Waals surface area (Å²) in [5.74, 6) is 3.55. The van der Waals surface area contributed by atoms with Crippen molar-refractivity contribution in [2.75, 3.05) is 0 Å². The molecule has 0 atom stereocenters. The Bertz CT molecular complexity index is 249. The Morgan fingerprint density at radius 1 is 0.778 bits per heavy atom. The fourth-order valence-electron chi connectivity index (χ4n) is 3.78. The lowest BCUT2D eigenvalue weighted by atomic mass is 9.53. The minimum Gasteiger partial charge on any atom is -0.0625 e. The third-order valence-corrected chi connectivity index (χ3v) is 6.84. The molecule has 108 valence electrons. The molecule has 0 amide bonds. The number of hydrogen-bond acceptors (Lipinski definition) is 0. The van der Waals surface area contributed by atoms with Crippen molar-refractivity contribution in [1.82, 2.24) is 0 Å². The zero-order valence-electron chi connectivity index (χ0n) is 14.1. The van der Waals surface area contributed by atoms with Crippen molar-refractivity contribution in [2.24, 2.45) is 34.5 Å². The van der Waals surface area contributed by atoms with Gasteiger partial charge in [0.25, 0.3) is 0 Å². The maximum atomic E-state index is 2.52. The van der Waals surface area contributed by atoms with Crippen LogP contribution in [0.15, 0.2) is 0 Å². The van der Waals surface area contributed by atoms with Crippen LogP contribution in [-0.2, 0) is 0 Å². The van der Waals surface area contributed by atoms with Crippen LogP contribution in [-0.4, -0.2) is 0 Å². The van der Waals surface area contributed by atoms with Crippen molar-refractivity contribution < 1.29 is 0 Å². The first-order valence-electron chi connectivity index (χ1n) is 8.10. The minimum atomic E-state index is 0.433. The molecule has 0 N–H and O–H groups in total. The van der Waals surface area contributed by atoms with E-state index < -0.39 is 0 Å². The van der Waals surface area contributed by atoms with E-state index in [1.807, 2.05) is 0 Å². The Labute approximate surface area is 116 Å². The smallest absolute Gasteiger partial charge is 0.0272 e. The van der Waals surface area contributed by atoms with Crippen LogP contribution in [0.2, 0.25) is 0 Å². The summed E-state index contributed by atoms with van der Waals surface area (Å²) in [6.45, 7) is 19.6. The van der Waals surface area contributed by atoms with Gasteiger partial charge in [-0.3, -0.25) is 0 Å². The number of rotatable bonds is 4. The van der Waals surface area contributed by atoms with Crippen LogP contribution in [0.1, 0.15) is 81.1 Å². The maximum Gasteiger partial charge on any atom is -0.0272 e. The van der Waals surface area contributed by atoms with Gasteiger partial charge in [-0.05, 0) is 60.2 Å². The van der Waals surface area contributed by atoms with E-state index in [4.69, 9.17) is 0 Å². The monoisotopic (exact) mass is 252 g/mol. The van der Waals surface area contributed by atoms with E-state index in [9.17, 15) is 0 Å². The summed E-state index contributed by atoms with van der Waals surface area (Å²) in [5.41, 5.74) is 0.894. The average molecular weight is 252 g/mol. The minimum absolute atomic E-state index is 0.433. The molecule has 0 unspecified atom stereocenters. The van der Waals surface area contributed by atoms with Gasteiger partial charge in [0.05, 0.1) is 0 Å². The quantitative estimate of drug-likeness (QED) is 0.562. The van der Waals surface area contributed by atoms with Gasteiger partial charge in [-0.25, -0.2) is 0 Å². The molecule has 0 aliphatic heterocycles. The first-order chi connectivity index (χ1) is 8.10. The lowest BCUT2D eigenvalue weighted by molar-refractivity contribution is -0.0235. The normalized spacial score (nSPS) is 27.0. The highest BCUT2D eigenvalue weighted by atomic mass is 14.5. The van der Waals surface area contributed by atoms with Crippen LogP contribution in [0.3, 0.4) is 0 Å². The molecule has 18 heavy (non-hydrogen) atoms. The first kappa shape index (κ1) is 16.1. The zero-order valence-corrected chi connectivity index (χ0v) is 14.1. The Morgan fingerprint density at radius 3 is 1.56 bits per heavy atom. The van der Waals surface area contributed by atoms with Gasteiger partial charge in [0.15, 0.2) is 0 Å². The summed E-state index contributed by atoms with van der Waals surface area (Å²) < 4.78 is 0. The Kier molecular flexibility index (Phi) is 4.95. The van der Waals surface area contributed by atoms with Gasteiger partial charge in [-0.1, -0.05) is 55.4 Å². The highest BCUT2D eigenvalue weighted by Gasteiger charge is 2.45. The van der Waals surface area contributed by atoms with Crippen LogP contribution >= 0.6 is 0 Å². The highest BCUT2D eigenvalue weighted by molar-refractivity contribution is 4.94. The molecule has 0 saturated heterocycles. The SMILES string of the molecule is CC(C)C1CCC(C(C)(C)C(C)(C)C(C)C)CC1. The third-order valence-electron chi connectivity index (χ3n) is 6.84. The average Bonchev–Trinajstić information content (AvgIpc) is 2.28. The van der Waals surface area contributed by atoms with E-state index in [2.05, 4.69) is 55.4 Å². The molecule has 0 nitrogen and oxygen atoms in total. The van der Waals surface area contributed by atoms with E-state index in [-0.39, 0.29) is 0 Å². The van der Waals surface area contributed by atoms with Crippen molar-refractivity contribution >= 4 is 0 Å². The topological polar surface area (TPSA) is 0 Å². The molecule has 0 aromatic heterocycles. The molecule has 0 aromatic carbocycles. The van der Waals surface area contributed by atoms with Gasteiger partial charge >= 0.3 is 0 Å². The summed E-state index contributed by atoms with van der Waals surface area (Å²) in [4.78, 5) is 0. The van der Waals surface area contributed by atoms with Crippen LogP contribution in [0.5, 0.6) is 0 Å². The van der Waals surface area contributed by atoms with Gasteiger partial charge < -0.3 is 0 Å². The van der Waals surface area contributed by atoms with Crippen molar-refractivity contribution in [3.05, 3.63) is 0 Å². The van der Waals surface area contributed by atoms with Crippen LogP contribution in [0.25, 0.3) is 0 Å². The lowest BCUT2D eigenvalue weighted by Gasteiger charge is -2.52. The van der Waals surface area contributed by atoms with Gasteiger partial charge in [0.1, 0.15) is 0 Å². The van der Waals surface area contributed by atoms with Crippen molar-refractivity contribution in [3.8, 4) is 0 Å². The van der Waals surface area contributed by atoms with Crippen LogP contribution in [0, 0.1) is 34.5 Å². The Balaban J connectivity index is 2.71. The molecular weight excluding hydrogens is 216 g/mol. The summed E-state index contributed by atoms with van der Waals surface area (Å²) in [6.07, 6.45) is 5.82. The van der Waals surface area contributed by atoms with Crippen molar-refractivity contribution in [1.29, 1.82) is 0 Å². The largest absolute Gasteiger partial charge is 0.0625 e. The zero-order chi connectivity index (χ0) is 14.1. The van der Waals surface area contributed by atoms with Gasteiger partial charge in [-0.15, -0.1) is 0 Å². The predicted octanol–water partition coefficient (Wildman–Crippen LogP) is 6.16. The first-order valence-corrected chi connectivity index (χ1v) is 8.10. The molecule has 1 aliphatic rings. The second-order valence-corrected chi connectivity index (χ2v) is 8.45. The highest BCUT2D eigenvalue weighted by Crippen LogP contribution is 2.53. The molecular formula is C18H36. The predicted molar refractivity (Wildman–Crippen MR) is 82.7 cm³/mol. The van der Waals surface area contributed by atoms with Crippen LogP contribution in [0.4, 0.5) is 0 Å². The van der Waals surface area contributed by atoms with Gasteiger partial charge in [0, 0.05) is 0 Å². The Morgan fingerprint density at radius 2 is 1.22 bits per heavy atom. The summed E-state index contributed by atoms with van der Waals surface area (Å²) in [5, 5.41) is 0. The molecule has 0 bridgehead atoms. The molecule has 1 saturated carbocycles. The van der Waals surface area contributed by atoms with Crippen molar-refractivity contribution in [2.45, 2.75) is 81.1 Å². The fraction of sp³-hybridized carbons (Fsp3) is 1.00. The summed E-state index contributed by atoms with van der Waals surface area (Å²) >= 11 is 0. The summed E-state index contributed by atoms with van der Waals surface area (Å²) in [7, 11) is 0. The van der Waals surface area contributed by atoms with E-state index in [0.717, 1.165) is 23.7 Å². The molecule has 0 heterocycles. The molecule has 1 rings (SSSR count).